The molecule has 29 heavy (non-hydrogen) atoms. The summed E-state index contributed by atoms with van der Waals surface area (Å²) in [5.41, 5.74) is 6.68. The molecule has 0 unspecified atom stereocenters. The second-order valence-electron chi connectivity index (χ2n) is 7.32. The lowest BCUT2D eigenvalue weighted by atomic mass is 9.58. The molecule has 0 radical (unpaired) electrons. The molecule has 4 rings (SSSR count). The average molecular weight is 445 g/mol. The Hall–Kier alpha value is -3.27. The lowest BCUT2D eigenvalue weighted by Crippen LogP contribution is -2.42. The number of hydrogen-bond acceptors (Lipinski definition) is 5. The van der Waals surface area contributed by atoms with Gasteiger partial charge in [-0.15, -0.1) is 0 Å². The number of fused-ring (bicyclic) bond motifs is 1. The minimum atomic E-state index is -1.64. The van der Waals surface area contributed by atoms with Crippen LogP contribution in [0.4, 0.5) is 0 Å². The number of nitriles is 3. The molecule has 0 saturated heterocycles. The molecular weight excluding hydrogens is 428 g/mol. The number of allylic oxidation sites excluding steroid dienone is 4. The lowest BCUT2D eigenvalue weighted by Gasteiger charge is -2.42. The van der Waals surface area contributed by atoms with Gasteiger partial charge >= 0.3 is 0 Å². The third kappa shape index (κ3) is 2.87. The molecule has 5 nitrogen and oxygen atoms in total. The standard InChI is InChI=1S/C23H17BrN4O/c24-15-7-5-14(6-8-15)19-9-10-20(29-19)21-17-4-2-1-3-16(17)18(11-25)22(28)23(21,12-26)13-27/h3,5-10,17,21H,1-2,4,28H2/t17-,21+/m0/s1. The van der Waals surface area contributed by atoms with E-state index in [1.807, 2.05) is 42.5 Å². The minimum absolute atomic E-state index is 0.0287. The first-order valence-electron chi connectivity index (χ1n) is 9.34. The molecule has 2 atom stereocenters. The maximum atomic E-state index is 10.0. The molecule has 6 heteroatoms. The molecule has 0 saturated carbocycles. The molecule has 142 valence electrons. The molecule has 1 aromatic heterocycles. The first-order valence-corrected chi connectivity index (χ1v) is 10.1. The highest BCUT2D eigenvalue weighted by Gasteiger charge is 2.55. The van der Waals surface area contributed by atoms with Gasteiger partial charge in [0.25, 0.3) is 0 Å². The minimum Gasteiger partial charge on any atom is -0.461 e. The van der Waals surface area contributed by atoms with Crippen molar-refractivity contribution in [3.8, 4) is 29.5 Å². The van der Waals surface area contributed by atoms with E-state index in [0.717, 1.165) is 34.9 Å². The van der Waals surface area contributed by atoms with Gasteiger partial charge < -0.3 is 10.2 Å². The first-order chi connectivity index (χ1) is 14.1. The summed E-state index contributed by atoms with van der Waals surface area (Å²) < 4.78 is 7.13. The largest absolute Gasteiger partial charge is 0.461 e. The fraction of sp³-hybridized carbons (Fsp3) is 0.261. The van der Waals surface area contributed by atoms with Gasteiger partial charge in [0.15, 0.2) is 5.41 Å². The summed E-state index contributed by atoms with van der Waals surface area (Å²) in [6, 6.07) is 17.8. The number of benzene rings is 1. The third-order valence-electron chi connectivity index (χ3n) is 5.86. The van der Waals surface area contributed by atoms with E-state index in [4.69, 9.17) is 10.2 Å². The van der Waals surface area contributed by atoms with Gasteiger partial charge in [0.1, 0.15) is 17.6 Å². The third-order valence-corrected chi connectivity index (χ3v) is 6.39. The maximum absolute atomic E-state index is 10.0. The molecule has 0 amide bonds. The zero-order valence-corrected chi connectivity index (χ0v) is 17.1. The monoisotopic (exact) mass is 444 g/mol. The smallest absolute Gasteiger partial charge is 0.194 e. The van der Waals surface area contributed by atoms with Crippen LogP contribution in [0.15, 0.2) is 68.2 Å². The number of nitrogens with zero attached hydrogens (tertiary/aromatic N) is 3. The lowest BCUT2D eigenvalue weighted by molar-refractivity contribution is 0.277. The van der Waals surface area contributed by atoms with Gasteiger partial charge in [0, 0.05) is 10.0 Å². The molecule has 1 heterocycles. The van der Waals surface area contributed by atoms with Crippen molar-refractivity contribution in [3.05, 3.63) is 69.6 Å². The molecule has 0 fully saturated rings. The van der Waals surface area contributed by atoms with Gasteiger partial charge in [0.05, 0.1) is 29.3 Å². The highest BCUT2D eigenvalue weighted by atomic mass is 79.9. The van der Waals surface area contributed by atoms with E-state index in [0.29, 0.717) is 11.5 Å². The average Bonchev–Trinajstić information content (AvgIpc) is 3.23. The molecule has 2 aliphatic carbocycles. The Morgan fingerprint density at radius 1 is 1.07 bits per heavy atom. The highest BCUT2D eigenvalue weighted by Crippen LogP contribution is 2.56. The van der Waals surface area contributed by atoms with Crippen molar-refractivity contribution < 1.29 is 4.42 Å². The van der Waals surface area contributed by atoms with Crippen molar-refractivity contribution in [1.29, 1.82) is 15.8 Å². The summed E-state index contributed by atoms with van der Waals surface area (Å²) in [5, 5.41) is 29.8. The molecule has 1 aromatic carbocycles. The summed E-state index contributed by atoms with van der Waals surface area (Å²) in [5.74, 6) is 0.482. The molecule has 2 N–H and O–H groups in total. The van der Waals surface area contributed by atoms with Gasteiger partial charge in [-0.05, 0) is 55.0 Å². The van der Waals surface area contributed by atoms with Crippen LogP contribution in [0.3, 0.4) is 0 Å². The van der Waals surface area contributed by atoms with E-state index in [2.05, 4.69) is 34.1 Å². The van der Waals surface area contributed by atoms with E-state index < -0.39 is 11.3 Å². The zero-order valence-electron chi connectivity index (χ0n) is 15.5. The number of rotatable bonds is 2. The van der Waals surface area contributed by atoms with Crippen molar-refractivity contribution >= 4 is 15.9 Å². The number of furan rings is 1. The fourth-order valence-electron chi connectivity index (χ4n) is 4.47. The van der Waals surface area contributed by atoms with Crippen LogP contribution in [0.5, 0.6) is 0 Å². The second kappa shape index (κ2) is 7.28. The number of hydrogen-bond donors (Lipinski definition) is 1. The van der Waals surface area contributed by atoms with Crippen molar-refractivity contribution in [3.63, 3.8) is 0 Å². The van der Waals surface area contributed by atoms with Crippen molar-refractivity contribution in [2.45, 2.75) is 25.2 Å². The predicted molar refractivity (Wildman–Crippen MR) is 110 cm³/mol. The molecule has 2 aromatic rings. The molecule has 0 spiro atoms. The summed E-state index contributed by atoms with van der Waals surface area (Å²) in [6.07, 6.45) is 4.57. The first kappa shape index (κ1) is 19.1. The Morgan fingerprint density at radius 2 is 1.79 bits per heavy atom. The van der Waals surface area contributed by atoms with Gasteiger partial charge in [-0.25, -0.2) is 0 Å². The van der Waals surface area contributed by atoms with Crippen LogP contribution in [0.25, 0.3) is 11.3 Å². The summed E-state index contributed by atoms with van der Waals surface area (Å²) in [7, 11) is 0. The Balaban J connectivity index is 1.89. The highest BCUT2D eigenvalue weighted by molar-refractivity contribution is 9.10. The Kier molecular flexibility index (Phi) is 4.79. The summed E-state index contributed by atoms with van der Waals surface area (Å²) >= 11 is 3.42. The van der Waals surface area contributed by atoms with Gasteiger partial charge in [-0.3, -0.25) is 0 Å². The van der Waals surface area contributed by atoms with Gasteiger partial charge in [0.2, 0.25) is 0 Å². The van der Waals surface area contributed by atoms with Crippen LogP contribution in [-0.4, -0.2) is 0 Å². The number of halogens is 1. The quantitative estimate of drug-likeness (QED) is 0.674. The van der Waals surface area contributed by atoms with E-state index in [9.17, 15) is 15.8 Å². The Bertz CT molecular complexity index is 1140. The normalized spacial score (nSPS) is 22.6. The topological polar surface area (TPSA) is 111 Å². The molecular formula is C23H17BrN4O. The predicted octanol–water partition coefficient (Wildman–Crippen LogP) is 5.30. The second-order valence-corrected chi connectivity index (χ2v) is 8.23. The van der Waals surface area contributed by atoms with Gasteiger partial charge in [-0.1, -0.05) is 34.1 Å². The van der Waals surface area contributed by atoms with Crippen LogP contribution in [-0.2, 0) is 0 Å². The number of nitrogens with two attached hydrogens (primary N) is 1. The van der Waals surface area contributed by atoms with Crippen LogP contribution in [0.2, 0.25) is 0 Å². The van der Waals surface area contributed by atoms with Gasteiger partial charge in [-0.2, -0.15) is 15.8 Å². The SMILES string of the molecule is N#CC1=C(N)C(C#N)(C#N)[C@@H](c2ccc(-c3ccc(Br)cc3)o2)[C@H]2CCCC=C12. The van der Waals surface area contributed by atoms with Crippen molar-refractivity contribution in [2.24, 2.45) is 17.1 Å². The van der Waals surface area contributed by atoms with Crippen LogP contribution >= 0.6 is 15.9 Å². The summed E-state index contributed by atoms with van der Waals surface area (Å²) in [6.45, 7) is 0. The fourth-order valence-corrected chi connectivity index (χ4v) is 4.73. The van der Waals surface area contributed by atoms with E-state index in [1.165, 1.54) is 0 Å². The summed E-state index contributed by atoms with van der Waals surface area (Å²) in [4.78, 5) is 0. The van der Waals surface area contributed by atoms with Crippen LogP contribution in [0.1, 0.15) is 30.9 Å². The van der Waals surface area contributed by atoms with E-state index in [-0.39, 0.29) is 17.2 Å². The van der Waals surface area contributed by atoms with E-state index >= 15 is 0 Å². The molecule has 0 aliphatic heterocycles. The van der Waals surface area contributed by atoms with Crippen molar-refractivity contribution in [2.75, 3.05) is 0 Å². The molecule has 2 aliphatic rings. The zero-order chi connectivity index (χ0) is 20.6. The Morgan fingerprint density at radius 3 is 2.45 bits per heavy atom. The molecule has 0 bridgehead atoms. The van der Waals surface area contributed by atoms with Crippen molar-refractivity contribution in [1.82, 2.24) is 0 Å². The van der Waals surface area contributed by atoms with Crippen LogP contribution < -0.4 is 5.73 Å². The Labute approximate surface area is 177 Å². The maximum Gasteiger partial charge on any atom is 0.194 e. The van der Waals surface area contributed by atoms with E-state index in [1.54, 1.807) is 0 Å². The van der Waals surface area contributed by atoms with Crippen LogP contribution in [0, 0.1) is 45.3 Å².